The maximum absolute atomic E-state index is 3.68. The van der Waals surface area contributed by atoms with Crippen LogP contribution in [0.15, 0.2) is 18.2 Å². The Morgan fingerprint density at radius 2 is 2.31 bits per heavy atom. The summed E-state index contributed by atoms with van der Waals surface area (Å²) in [6, 6.07) is 7.49. The van der Waals surface area contributed by atoms with Gasteiger partial charge in [-0.3, -0.25) is 0 Å². The summed E-state index contributed by atoms with van der Waals surface area (Å²) in [5, 5.41) is 3.68. The summed E-state index contributed by atoms with van der Waals surface area (Å²) in [5.74, 6) is 2.45. The van der Waals surface area contributed by atoms with Crippen molar-refractivity contribution in [3.05, 3.63) is 34.9 Å². The summed E-state index contributed by atoms with van der Waals surface area (Å²) < 4.78 is 0. The van der Waals surface area contributed by atoms with E-state index in [2.05, 4.69) is 49.1 Å². The van der Waals surface area contributed by atoms with Crippen LogP contribution in [0.5, 0.6) is 0 Å². The van der Waals surface area contributed by atoms with E-state index < -0.39 is 0 Å². The predicted molar refractivity (Wildman–Crippen MR) is 73.0 cm³/mol. The predicted octanol–water partition coefficient (Wildman–Crippen LogP) is 3.67. The van der Waals surface area contributed by atoms with Gasteiger partial charge in [-0.1, -0.05) is 30.7 Å². The molecule has 2 rings (SSSR count). The van der Waals surface area contributed by atoms with Crippen molar-refractivity contribution < 1.29 is 0 Å². The van der Waals surface area contributed by atoms with Gasteiger partial charge in [0, 0.05) is 11.8 Å². The first-order valence-corrected chi connectivity index (χ1v) is 7.37. The van der Waals surface area contributed by atoms with Gasteiger partial charge in [0.2, 0.25) is 0 Å². The van der Waals surface area contributed by atoms with Crippen molar-refractivity contribution in [1.29, 1.82) is 0 Å². The fourth-order valence-corrected chi connectivity index (χ4v) is 3.27. The van der Waals surface area contributed by atoms with Crippen LogP contribution in [0.4, 0.5) is 0 Å². The Bertz CT molecular complexity index is 349. The number of hydrogen-bond acceptors (Lipinski definition) is 2. The Balaban J connectivity index is 2.24. The molecule has 1 aromatic rings. The van der Waals surface area contributed by atoms with Crippen LogP contribution in [0, 0.1) is 6.92 Å². The van der Waals surface area contributed by atoms with E-state index in [1.807, 2.05) is 0 Å². The molecule has 1 nitrogen and oxygen atoms in total. The van der Waals surface area contributed by atoms with E-state index in [0.717, 1.165) is 6.54 Å². The van der Waals surface area contributed by atoms with Crippen molar-refractivity contribution in [2.24, 2.45) is 0 Å². The monoisotopic (exact) mass is 235 g/mol. The molecule has 0 amide bonds. The van der Waals surface area contributed by atoms with Gasteiger partial charge in [-0.25, -0.2) is 0 Å². The molecule has 0 fully saturated rings. The lowest BCUT2D eigenvalue weighted by Crippen LogP contribution is -2.23. The molecule has 1 heterocycles. The van der Waals surface area contributed by atoms with Gasteiger partial charge < -0.3 is 5.32 Å². The highest BCUT2D eigenvalue weighted by atomic mass is 32.2. The minimum atomic E-state index is 0.574. The molecule has 1 unspecified atom stereocenters. The average molecular weight is 235 g/mol. The van der Waals surface area contributed by atoms with Crippen LogP contribution >= 0.6 is 11.8 Å². The van der Waals surface area contributed by atoms with Crippen LogP contribution in [0.3, 0.4) is 0 Å². The Labute approximate surface area is 103 Å². The van der Waals surface area contributed by atoms with E-state index in [-0.39, 0.29) is 0 Å². The summed E-state index contributed by atoms with van der Waals surface area (Å²) in [6.07, 6.45) is 2.48. The molecule has 88 valence electrons. The second kappa shape index (κ2) is 5.74. The van der Waals surface area contributed by atoms with Crippen LogP contribution < -0.4 is 5.32 Å². The van der Waals surface area contributed by atoms with Crippen LogP contribution in [0.2, 0.25) is 0 Å². The number of fused-ring (bicyclic) bond motifs is 1. The highest BCUT2D eigenvalue weighted by Crippen LogP contribution is 2.31. The lowest BCUT2D eigenvalue weighted by Gasteiger charge is -2.19. The van der Waals surface area contributed by atoms with Crippen LogP contribution in [0.1, 0.15) is 42.5 Å². The summed E-state index contributed by atoms with van der Waals surface area (Å²) in [7, 11) is 0. The van der Waals surface area contributed by atoms with Gasteiger partial charge in [-0.2, -0.15) is 11.8 Å². The molecular weight excluding hydrogens is 214 g/mol. The fraction of sp³-hybridized carbons (Fsp3) is 0.571. The number of nitrogens with one attached hydrogen (secondary N) is 1. The molecule has 0 radical (unpaired) electrons. The third kappa shape index (κ3) is 2.80. The Kier molecular flexibility index (Phi) is 4.30. The van der Waals surface area contributed by atoms with Gasteiger partial charge in [0.1, 0.15) is 0 Å². The van der Waals surface area contributed by atoms with Crippen LogP contribution in [-0.4, -0.2) is 12.3 Å². The third-order valence-electron chi connectivity index (χ3n) is 3.13. The Morgan fingerprint density at radius 3 is 3.12 bits per heavy atom. The fourth-order valence-electron chi connectivity index (χ4n) is 2.24. The number of aryl methyl sites for hydroxylation is 1. The minimum Gasteiger partial charge on any atom is -0.310 e. The molecule has 1 aliphatic heterocycles. The molecule has 16 heavy (non-hydrogen) atoms. The first-order chi connectivity index (χ1) is 7.81. The highest BCUT2D eigenvalue weighted by molar-refractivity contribution is 7.98. The number of thioether (sulfide) groups is 1. The molecule has 0 saturated heterocycles. The van der Waals surface area contributed by atoms with Gasteiger partial charge in [0.05, 0.1) is 0 Å². The first-order valence-electron chi connectivity index (χ1n) is 6.22. The highest BCUT2D eigenvalue weighted by Gasteiger charge is 2.17. The van der Waals surface area contributed by atoms with E-state index in [4.69, 9.17) is 0 Å². The zero-order valence-electron chi connectivity index (χ0n) is 10.3. The molecule has 0 bridgehead atoms. The van der Waals surface area contributed by atoms with Gasteiger partial charge >= 0.3 is 0 Å². The van der Waals surface area contributed by atoms with Crippen molar-refractivity contribution in [2.75, 3.05) is 12.3 Å². The summed E-state index contributed by atoms with van der Waals surface area (Å²) in [6.45, 7) is 5.55. The van der Waals surface area contributed by atoms with Gasteiger partial charge in [0.15, 0.2) is 0 Å². The van der Waals surface area contributed by atoms with Crippen LogP contribution in [-0.2, 0) is 5.75 Å². The second-order valence-corrected chi connectivity index (χ2v) is 5.66. The number of rotatable bonds is 3. The molecule has 1 aliphatic rings. The van der Waals surface area contributed by atoms with Crippen LogP contribution in [0.25, 0.3) is 0 Å². The summed E-state index contributed by atoms with van der Waals surface area (Å²) in [4.78, 5) is 0. The van der Waals surface area contributed by atoms with E-state index in [1.54, 1.807) is 5.56 Å². The molecule has 0 aromatic heterocycles. The Morgan fingerprint density at radius 1 is 1.44 bits per heavy atom. The first kappa shape index (κ1) is 12.0. The van der Waals surface area contributed by atoms with E-state index in [0.29, 0.717) is 6.04 Å². The van der Waals surface area contributed by atoms with Crippen molar-refractivity contribution in [2.45, 2.75) is 38.5 Å². The maximum Gasteiger partial charge on any atom is 0.0331 e. The average Bonchev–Trinajstić information content (AvgIpc) is 2.48. The summed E-state index contributed by atoms with van der Waals surface area (Å²) in [5.41, 5.74) is 4.45. The summed E-state index contributed by atoms with van der Waals surface area (Å²) >= 11 is 2.06. The second-order valence-electron chi connectivity index (χ2n) is 4.55. The normalized spacial score (nSPS) is 20.2. The van der Waals surface area contributed by atoms with E-state index in [1.165, 1.54) is 35.5 Å². The quantitative estimate of drug-likeness (QED) is 0.858. The minimum absolute atomic E-state index is 0.574. The molecule has 0 spiro atoms. The zero-order chi connectivity index (χ0) is 11.4. The Hall–Kier alpha value is -0.470. The van der Waals surface area contributed by atoms with Gasteiger partial charge in [-0.05, 0) is 43.2 Å². The largest absolute Gasteiger partial charge is 0.310 e. The van der Waals surface area contributed by atoms with Crippen molar-refractivity contribution >= 4 is 11.8 Å². The van der Waals surface area contributed by atoms with Gasteiger partial charge in [0.25, 0.3) is 0 Å². The standard InChI is InChI=1S/C14H21NS/c1-3-7-15-14-6-8-16-10-12-5-4-11(2)9-13(12)14/h4-5,9,14-15H,3,6-8,10H2,1-2H3. The molecule has 0 aliphatic carbocycles. The van der Waals surface area contributed by atoms with Crippen molar-refractivity contribution in [1.82, 2.24) is 5.32 Å². The molecular formula is C14H21NS. The van der Waals surface area contributed by atoms with E-state index in [9.17, 15) is 0 Å². The van der Waals surface area contributed by atoms with E-state index >= 15 is 0 Å². The topological polar surface area (TPSA) is 12.0 Å². The van der Waals surface area contributed by atoms with Crippen molar-refractivity contribution in [3.63, 3.8) is 0 Å². The zero-order valence-corrected chi connectivity index (χ0v) is 11.1. The van der Waals surface area contributed by atoms with Crippen molar-refractivity contribution in [3.8, 4) is 0 Å². The SMILES string of the molecule is CCCNC1CCSCc2ccc(C)cc21. The maximum atomic E-state index is 3.68. The van der Waals surface area contributed by atoms with Gasteiger partial charge in [-0.15, -0.1) is 0 Å². The molecule has 2 heteroatoms. The number of hydrogen-bond donors (Lipinski definition) is 1. The molecule has 0 saturated carbocycles. The smallest absolute Gasteiger partial charge is 0.0331 e. The molecule has 1 atom stereocenters. The molecule has 1 aromatic carbocycles. The third-order valence-corrected chi connectivity index (χ3v) is 4.17. The lowest BCUT2D eigenvalue weighted by atomic mass is 9.97. The lowest BCUT2D eigenvalue weighted by molar-refractivity contribution is 0.521. The number of benzene rings is 1. The molecule has 1 N–H and O–H groups in total.